The van der Waals surface area contributed by atoms with Gasteiger partial charge in [0.1, 0.15) is 0 Å². The summed E-state index contributed by atoms with van der Waals surface area (Å²) in [6, 6.07) is 0.0645. The van der Waals surface area contributed by atoms with Gasteiger partial charge in [-0.15, -0.1) is 0 Å². The first-order valence-corrected chi connectivity index (χ1v) is 7.38. The molecule has 2 fully saturated rings. The van der Waals surface area contributed by atoms with Crippen LogP contribution >= 0.6 is 0 Å². The van der Waals surface area contributed by atoms with Crippen molar-refractivity contribution in [1.29, 1.82) is 0 Å². The van der Waals surface area contributed by atoms with Gasteiger partial charge < -0.3 is 19.6 Å². The molecular formula is C14H24N2O4. The maximum atomic E-state index is 12.4. The molecule has 2 aliphatic heterocycles. The highest BCUT2D eigenvalue weighted by atomic mass is 16.5. The van der Waals surface area contributed by atoms with E-state index in [0.717, 1.165) is 45.3 Å². The molecule has 1 unspecified atom stereocenters. The molecule has 2 saturated heterocycles. The molecule has 0 aromatic carbocycles. The van der Waals surface area contributed by atoms with Crippen molar-refractivity contribution < 1.29 is 19.4 Å². The smallest absolute Gasteiger partial charge is 0.320 e. The minimum Gasteiger partial charge on any atom is -0.481 e. The zero-order valence-electron chi connectivity index (χ0n) is 12.1. The van der Waals surface area contributed by atoms with Crippen LogP contribution in [0.5, 0.6) is 0 Å². The molecule has 6 nitrogen and oxygen atoms in total. The largest absolute Gasteiger partial charge is 0.481 e. The van der Waals surface area contributed by atoms with Crippen LogP contribution in [0.3, 0.4) is 0 Å². The van der Waals surface area contributed by atoms with Crippen LogP contribution in [0, 0.1) is 5.92 Å². The number of piperidine rings is 2. The normalized spacial score (nSPS) is 24.8. The molecule has 0 saturated carbocycles. The SMILES string of the molecule is COC1CCN(C(=O)N2CCCC(CC(=O)O)C2)CC1. The van der Waals surface area contributed by atoms with E-state index < -0.39 is 5.97 Å². The van der Waals surface area contributed by atoms with Crippen molar-refractivity contribution in [3.8, 4) is 0 Å². The number of rotatable bonds is 3. The van der Waals surface area contributed by atoms with Gasteiger partial charge in [-0.1, -0.05) is 0 Å². The van der Waals surface area contributed by atoms with E-state index in [4.69, 9.17) is 9.84 Å². The molecule has 0 aliphatic carbocycles. The number of hydrogen-bond acceptors (Lipinski definition) is 3. The number of carboxylic acid groups (broad SMARTS) is 1. The average Bonchev–Trinajstić information content (AvgIpc) is 2.46. The zero-order chi connectivity index (χ0) is 14.5. The summed E-state index contributed by atoms with van der Waals surface area (Å²) >= 11 is 0. The third kappa shape index (κ3) is 3.85. The van der Waals surface area contributed by atoms with Gasteiger partial charge in [-0.2, -0.15) is 0 Å². The van der Waals surface area contributed by atoms with Crippen LogP contribution in [-0.2, 0) is 9.53 Å². The van der Waals surface area contributed by atoms with Crippen molar-refractivity contribution >= 4 is 12.0 Å². The van der Waals surface area contributed by atoms with Gasteiger partial charge in [-0.05, 0) is 31.6 Å². The summed E-state index contributed by atoms with van der Waals surface area (Å²) in [4.78, 5) is 26.9. The topological polar surface area (TPSA) is 70.1 Å². The highest BCUT2D eigenvalue weighted by Gasteiger charge is 2.30. The molecule has 2 aliphatic rings. The lowest BCUT2D eigenvalue weighted by molar-refractivity contribution is -0.138. The number of likely N-dealkylation sites (tertiary alicyclic amines) is 2. The Kier molecular flexibility index (Phi) is 5.23. The van der Waals surface area contributed by atoms with Gasteiger partial charge in [0.05, 0.1) is 6.10 Å². The Labute approximate surface area is 119 Å². The number of nitrogens with zero attached hydrogens (tertiary/aromatic N) is 2. The van der Waals surface area contributed by atoms with Crippen LogP contribution < -0.4 is 0 Å². The second-order valence-corrected chi connectivity index (χ2v) is 5.76. The summed E-state index contributed by atoms with van der Waals surface area (Å²) in [5.41, 5.74) is 0. The maximum Gasteiger partial charge on any atom is 0.320 e. The van der Waals surface area contributed by atoms with Gasteiger partial charge in [0.2, 0.25) is 0 Å². The van der Waals surface area contributed by atoms with E-state index in [1.54, 1.807) is 7.11 Å². The minimum absolute atomic E-state index is 0.0645. The summed E-state index contributed by atoms with van der Waals surface area (Å²) in [6.07, 6.45) is 4.00. The predicted molar refractivity (Wildman–Crippen MR) is 73.5 cm³/mol. The van der Waals surface area contributed by atoms with Crippen molar-refractivity contribution in [2.45, 2.75) is 38.2 Å². The summed E-state index contributed by atoms with van der Waals surface area (Å²) in [6.45, 7) is 2.80. The van der Waals surface area contributed by atoms with Gasteiger partial charge in [-0.25, -0.2) is 4.79 Å². The number of carboxylic acids is 1. The van der Waals surface area contributed by atoms with Crippen LogP contribution in [0.15, 0.2) is 0 Å². The molecule has 20 heavy (non-hydrogen) atoms. The first-order chi connectivity index (χ1) is 9.60. The van der Waals surface area contributed by atoms with E-state index in [2.05, 4.69) is 0 Å². The monoisotopic (exact) mass is 284 g/mol. The van der Waals surface area contributed by atoms with Crippen LogP contribution in [0.25, 0.3) is 0 Å². The fourth-order valence-electron chi connectivity index (χ4n) is 3.14. The van der Waals surface area contributed by atoms with Crippen molar-refractivity contribution in [3.05, 3.63) is 0 Å². The van der Waals surface area contributed by atoms with Gasteiger partial charge in [0.25, 0.3) is 0 Å². The van der Waals surface area contributed by atoms with Crippen LogP contribution in [-0.4, -0.2) is 66.3 Å². The number of methoxy groups -OCH3 is 1. The highest BCUT2D eigenvalue weighted by Crippen LogP contribution is 2.22. The average molecular weight is 284 g/mol. The maximum absolute atomic E-state index is 12.4. The molecule has 0 aromatic rings. The fourth-order valence-corrected chi connectivity index (χ4v) is 3.14. The van der Waals surface area contributed by atoms with E-state index in [-0.39, 0.29) is 24.5 Å². The first kappa shape index (κ1) is 15.1. The van der Waals surface area contributed by atoms with Crippen molar-refractivity contribution in [1.82, 2.24) is 9.80 Å². The van der Waals surface area contributed by atoms with Crippen molar-refractivity contribution in [2.24, 2.45) is 5.92 Å². The van der Waals surface area contributed by atoms with E-state index in [0.29, 0.717) is 6.54 Å². The van der Waals surface area contributed by atoms with E-state index >= 15 is 0 Å². The fraction of sp³-hybridized carbons (Fsp3) is 0.857. The molecule has 1 atom stereocenters. The lowest BCUT2D eigenvalue weighted by Gasteiger charge is -2.38. The Bertz CT molecular complexity index is 353. The Morgan fingerprint density at radius 3 is 2.45 bits per heavy atom. The summed E-state index contributed by atoms with van der Waals surface area (Å²) in [7, 11) is 1.71. The summed E-state index contributed by atoms with van der Waals surface area (Å²) < 4.78 is 5.31. The number of urea groups is 1. The number of aliphatic carboxylic acids is 1. The van der Waals surface area contributed by atoms with Crippen LogP contribution in [0.1, 0.15) is 32.1 Å². The molecule has 1 N–H and O–H groups in total. The van der Waals surface area contributed by atoms with E-state index in [1.165, 1.54) is 0 Å². The highest BCUT2D eigenvalue weighted by molar-refractivity contribution is 5.75. The second kappa shape index (κ2) is 6.92. The Hall–Kier alpha value is -1.30. The number of amides is 2. The van der Waals surface area contributed by atoms with Gasteiger partial charge >= 0.3 is 12.0 Å². The van der Waals surface area contributed by atoms with Crippen LogP contribution in [0.2, 0.25) is 0 Å². The molecule has 2 heterocycles. The third-order valence-corrected chi connectivity index (χ3v) is 4.30. The molecule has 2 amide bonds. The minimum atomic E-state index is -0.773. The molecule has 114 valence electrons. The quantitative estimate of drug-likeness (QED) is 0.850. The lowest BCUT2D eigenvalue weighted by atomic mass is 9.95. The molecule has 0 aromatic heterocycles. The Balaban J connectivity index is 1.84. The Morgan fingerprint density at radius 2 is 1.85 bits per heavy atom. The second-order valence-electron chi connectivity index (χ2n) is 5.76. The van der Waals surface area contributed by atoms with Crippen LogP contribution in [0.4, 0.5) is 4.79 Å². The standard InChI is InChI=1S/C14H24N2O4/c1-20-12-4-7-15(8-5-12)14(19)16-6-2-3-11(10-16)9-13(17)18/h11-12H,2-10H2,1H3,(H,17,18). The predicted octanol–water partition coefficient (Wildman–Crippen LogP) is 1.40. The number of ether oxygens (including phenoxy) is 1. The van der Waals surface area contributed by atoms with Gasteiger partial charge in [0, 0.05) is 39.7 Å². The molecule has 0 radical (unpaired) electrons. The molecular weight excluding hydrogens is 260 g/mol. The number of carbonyl (C=O) groups excluding carboxylic acids is 1. The van der Waals surface area contributed by atoms with Crippen molar-refractivity contribution in [3.63, 3.8) is 0 Å². The molecule has 6 heteroatoms. The van der Waals surface area contributed by atoms with E-state index in [1.807, 2.05) is 9.80 Å². The Morgan fingerprint density at radius 1 is 1.15 bits per heavy atom. The third-order valence-electron chi connectivity index (χ3n) is 4.30. The lowest BCUT2D eigenvalue weighted by Crippen LogP contribution is -2.50. The molecule has 0 spiro atoms. The number of carbonyl (C=O) groups is 2. The summed E-state index contributed by atoms with van der Waals surface area (Å²) in [5, 5.41) is 8.87. The number of hydrogen-bond donors (Lipinski definition) is 1. The van der Waals surface area contributed by atoms with Crippen molar-refractivity contribution in [2.75, 3.05) is 33.3 Å². The van der Waals surface area contributed by atoms with Gasteiger partial charge in [0.15, 0.2) is 0 Å². The zero-order valence-corrected chi connectivity index (χ0v) is 12.1. The molecule has 2 rings (SSSR count). The van der Waals surface area contributed by atoms with Gasteiger partial charge in [-0.3, -0.25) is 4.79 Å². The first-order valence-electron chi connectivity index (χ1n) is 7.38. The van der Waals surface area contributed by atoms with E-state index in [9.17, 15) is 9.59 Å². The molecule has 0 bridgehead atoms. The summed E-state index contributed by atoms with van der Waals surface area (Å²) in [5.74, 6) is -0.674.